The largest absolute Gasteiger partial charge is 0.468 e. The molecule has 4 heterocycles. The van der Waals surface area contributed by atoms with Gasteiger partial charge in [0.2, 0.25) is 0 Å². The number of thiazole rings is 1. The molecule has 0 aromatic carbocycles. The molecule has 2 aliphatic heterocycles. The van der Waals surface area contributed by atoms with Crippen LogP contribution in [0.25, 0.3) is 0 Å². The Morgan fingerprint density at radius 1 is 1.31 bits per heavy atom. The minimum absolute atomic E-state index is 0.387. The van der Waals surface area contributed by atoms with Crippen LogP contribution in [-0.2, 0) is 17.8 Å². The smallest absolute Gasteiger partial charge is 0.117 e. The van der Waals surface area contributed by atoms with Gasteiger partial charge in [0.05, 0.1) is 26.0 Å². The number of aromatic nitrogens is 1. The summed E-state index contributed by atoms with van der Waals surface area (Å²) >= 11 is 1.79. The maximum atomic E-state index is 5.59. The van der Waals surface area contributed by atoms with Crippen LogP contribution in [0.1, 0.15) is 29.3 Å². The van der Waals surface area contributed by atoms with Gasteiger partial charge in [0.25, 0.3) is 0 Å². The second kappa shape index (κ2) is 7.80. The number of nitrogens with zero attached hydrogens (tertiary/aromatic N) is 3. The summed E-state index contributed by atoms with van der Waals surface area (Å²) in [6.07, 6.45) is 4.27. The summed E-state index contributed by atoms with van der Waals surface area (Å²) in [5, 5.41) is 3.40. The summed E-state index contributed by atoms with van der Waals surface area (Å²) in [5.41, 5.74) is 1.53. The summed E-state index contributed by atoms with van der Waals surface area (Å²) < 4.78 is 11.2. The fourth-order valence-corrected chi connectivity index (χ4v) is 5.52. The Morgan fingerprint density at radius 3 is 2.81 bits per heavy atom. The Kier molecular flexibility index (Phi) is 5.45. The van der Waals surface area contributed by atoms with Gasteiger partial charge in [-0.15, -0.1) is 11.3 Å². The molecule has 0 saturated carbocycles. The van der Waals surface area contributed by atoms with E-state index < -0.39 is 0 Å². The third-order valence-electron chi connectivity index (χ3n) is 6.09. The molecule has 0 aliphatic carbocycles. The summed E-state index contributed by atoms with van der Waals surface area (Å²) in [4.78, 5) is 9.76. The number of ether oxygens (including phenoxy) is 1. The van der Waals surface area contributed by atoms with Crippen LogP contribution in [0, 0.1) is 18.3 Å². The van der Waals surface area contributed by atoms with E-state index >= 15 is 0 Å². The van der Waals surface area contributed by atoms with Crippen molar-refractivity contribution in [1.82, 2.24) is 14.8 Å². The predicted octanol–water partition coefficient (Wildman–Crippen LogP) is 3.41. The molecule has 6 heteroatoms. The van der Waals surface area contributed by atoms with Crippen molar-refractivity contribution < 1.29 is 9.15 Å². The molecule has 5 nitrogen and oxygen atoms in total. The maximum absolute atomic E-state index is 5.59. The third kappa shape index (κ3) is 3.88. The number of hydrogen-bond acceptors (Lipinski definition) is 6. The molecule has 2 fully saturated rings. The molecule has 0 radical (unpaired) electrons. The molecule has 2 aromatic rings. The molecule has 1 atom stereocenters. The van der Waals surface area contributed by atoms with Crippen LogP contribution in [0.5, 0.6) is 0 Å². The van der Waals surface area contributed by atoms with Gasteiger partial charge in [0, 0.05) is 37.2 Å². The number of methoxy groups -OCH3 is 1. The fraction of sp³-hybridized carbons (Fsp3) is 0.650. The second-order valence-electron chi connectivity index (χ2n) is 7.92. The summed E-state index contributed by atoms with van der Waals surface area (Å²) in [6.45, 7) is 9.44. The molecular weight excluding hydrogens is 346 g/mol. The van der Waals surface area contributed by atoms with E-state index in [2.05, 4.69) is 33.2 Å². The molecule has 0 bridgehead atoms. The number of piperidine rings is 1. The van der Waals surface area contributed by atoms with Crippen molar-refractivity contribution in [2.24, 2.45) is 11.3 Å². The third-order valence-corrected chi connectivity index (χ3v) is 7.04. The lowest BCUT2D eigenvalue weighted by atomic mass is 9.71. The number of hydrogen-bond donors (Lipinski definition) is 0. The second-order valence-corrected chi connectivity index (χ2v) is 8.87. The number of likely N-dealkylation sites (tertiary alicyclic amines) is 2. The Bertz CT molecular complexity index is 692. The first-order valence-corrected chi connectivity index (χ1v) is 10.4. The zero-order chi connectivity index (χ0) is 18.0. The van der Waals surface area contributed by atoms with E-state index in [0.717, 1.165) is 57.3 Å². The molecule has 2 saturated heterocycles. The quantitative estimate of drug-likeness (QED) is 0.774. The molecule has 1 spiro atoms. The standard InChI is InChI=1S/C20H29N3O2S/c1-16-14-26-19(21-16)12-22-7-5-20(6-8-22)15-23(10-17(20)13-24-2)11-18-4-3-9-25-18/h3-4,9,14,17H,5-8,10-13,15H2,1-2H3. The Labute approximate surface area is 160 Å². The van der Waals surface area contributed by atoms with Crippen molar-refractivity contribution >= 4 is 11.3 Å². The normalized spacial score (nSPS) is 23.8. The minimum atomic E-state index is 0.387. The molecule has 2 aliphatic rings. The lowest BCUT2D eigenvalue weighted by Gasteiger charge is -2.42. The zero-order valence-electron chi connectivity index (χ0n) is 15.8. The first kappa shape index (κ1) is 18.2. The van der Waals surface area contributed by atoms with Gasteiger partial charge in [-0.2, -0.15) is 0 Å². The van der Waals surface area contributed by atoms with Crippen LogP contribution >= 0.6 is 11.3 Å². The molecule has 2 aromatic heterocycles. The van der Waals surface area contributed by atoms with Gasteiger partial charge < -0.3 is 9.15 Å². The van der Waals surface area contributed by atoms with Gasteiger partial charge in [-0.25, -0.2) is 4.98 Å². The number of furan rings is 1. The highest BCUT2D eigenvalue weighted by atomic mass is 32.1. The fourth-order valence-electron chi connectivity index (χ4n) is 4.71. The average Bonchev–Trinajstić information content (AvgIpc) is 3.34. The Morgan fingerprint density at radius 2 is 2.15 bits per heavy atom. The van der Waals surface area contributed by atoms with Gasteiger partial charge in [-0.1, -0.05) is 0 Å². The zero-order valence-corrected chi connectivity index (χ0v) is 16.6. The maximum Gasteiger partial charge on any atom is 0.117 e. The van der Waals surface area contributed by atoms with Gasteiger partial charge >= 0.3 is 0 Å². The van der Waals surface area contributed by atoms with Gasteiger partial charge in [-0.05, 0) is 50.4 Å². The van der Waals surface area contributed by atoms with Gasteiger partial charge in [0.1, 0.15) is 10.8 Å². The van der Waals surface area contributed by atoms with Crippen molar-refractivity contribution in [2.45, 2.75) is 32.9 Å². The van der Waals surface area contributed by atoms with Crippen molar-refractivity contribution in [3.05, 3.63) is 40.2 Å². The average molecular weight is 376 g/mol. The highest BCUT2D eigenvalue weighted by molar-refractivity contribution is 7.09. The van der Waals surface area contributed by atoms with Crippen LogP contribution in [-0.4, -0.2) is 54.7 Å². The minimum Gasteiger partial charge on any atom is -0.468 e. The molecular formula is C20H29N3O2S. The first-order valence-electron chi connectivity index (χ1n) is 9.54. The predicted molar refractivity (Wildman–Crippen MR) is 103 cm³/mol. The monoisotopic (exact) mass is 375 g/mol. The molecule has 26 heavy (non-hydrogen) atoms. The van der Waals surface area contributed by atoms with Crippen LogP contribution in [0.3, 0.4) is 0 Å². The van der Waals surface area contributed by atoms with E-state index in [1.54, 1.807) is 17.6 Å². The lowest BCUT2D eigenvalue weighted by molar-refractivity contribution is 0.0349. The number of aryl methyl sites for hydroxylation is 1. The molecule has 142 valence electrons. The SMILES string of the molecule is COCC1CN(Cc2ccco2)CC12CCN(Cc1nc(C)cs1)CC2. The molecule has 1 unspecified atom stereocenters. The Balaban J connectivity index is 1.38. The van der Waals surface area contributed by atoms with E-state index in [1.807, 2.05) is 13.2 Å². The molecule has 0 N–H and O–H groups in total. The van der Waals surface area contributed by atoms with E-state index in [9.17, 15) is 0 Å². The van der Waals surface area contributed by atoms with Crippen molar-refractivity contribution in [3.8, 4) is 0 Å². The summed E-state index contributed by atoms with van der Waals surface area (Å²) in [5.74, 6) is 1.68. The Hall–Kier alpha value is -1.21. The van der Waals surface area contributed by atoms with Crippen LogP contribution in [0.2, 0.25) is 0 Å². The molecule has 0 amide bonds. The highest BCUT2D eigenvalue weighted by Crippen LogP contribution is 2.45. The van der Waals surface area contributed by atoms with Crippen LogP contribution in [0.15, 0.2) is 28.2 Å². The van der Waals surface area contributed by atoms with Gasteiger partial charge in [-0.3, -0.25) is 9.80 Å². The van der Waals surface area contributed by atoms with E-state index in [4.69, 9.17) is 9.15 Å². The number of rotatable bonds is 6. The van der Waals surface area contributed by atoms with Crippen LogP contribution < -0.4 is 0 Å². The first-order chi connectivity index (χ1) is 12.7. The summed E-state index contributed by atoms with van der Waals surface area (Å²) in [7, 11) is 1.84. The van der Waals surface area contributed by atoms with E-state index in [0.29, 0.717) is 11.3 Å². The van der Waals surface area contributed by atoms with Crippen molar-refractivity contribution in [2.75, 3.05) is 39.9 Å². The van der Waals surface area contributed by atoms with Crippen LogP contribution in [0.4, 0.5) is 0 Å². The highest BCUT2D eigenvalue weighted by Gasteiger charge is 2.47. The van der Waals surface area contributed by atoms with E-state index in [-0.39, 0.29) is 0 Å². The lowest BCUT2D eigenvalue weighted by Crippen LogP contribution is -2.44. The molecule has 4 rings (SSSR count). The summed E-state index contributed by atoms with van der Waals surface area (Å²) in [6, 6.07) is 4.06. The van der Waals surface area contributed by atoms with Gasteiger partial charge in [0.15, 0.2) is 0 Å². The van der Waals surface area contributed by atoms with Crippen molar-refractivity contribution in [1.29, 1.82) is 0 Å². The van der Waals surface area contributed by atoms with Crippen molar-refractivity contribution in [3.63, 3.8) is 0 Å². The van der Waals surface area contributed by atoms with E-state index in [1.165, 1.54) is 17.8 Å². The topological polar surface area (TPSA) is 41.7 Å².